The Morgan fingerprint density at radius 2 is 1.48 bits per heavy atom. The average Bonchev–Trinajstić information content (AvgIpc) is 2.58. The van der Waals surface area contributed by atoms with E-state index < -0.39 is 6.09 Å². The zero-order valence-corrected chi connectivity index (χ0v) is 13.5. The molecule has 1 fully saturated rings. The third-order valence-corrected chi connectivity index (χ3v) is 4.50. The SMILES string of the molecule is O=C(O)N1CCN(C(c2ccccc2)c2ccc(Cl)cc2)CC1. The third-order valence-electron chi connectivity index (χ3n) is 4.25. The van der Waals surface area contributed by atoms with Crippen molar-refractivity contribution in [2.75, 3.05) is 26.2 Å². The van der Waals surface area contributed by atoms with Gasteiger partial charge in [0.1, 0.15) is 0 Å². The van der Waals surface area contributed by atoms with E-state index in [4.69, 9.17) is 16.7 Å². The number of carboxylic acid groups (broad SMARTS) is 1. The Bertz CT molecular complexity index is 652. The van der Waals surface area contributed by atoms with Crippen LogP contribution in [-0.2, 0) is 0 Å². The predicted molar refractivity (Wildman–Crippen MR) is 90.9 cm³/mol. The molecule has 2 aromatic rings. The Labute approximate surface area is 140 Å². The second kappa shape index (κ2) is 7.02. The van der Waals surface area contributed by atoms with E-state index in [1.807, 2.05) is 42.5 Å². The highest BCUT2D eigenvalue weighted by Crippen LogP contribution is 2.30. The minimum absolute atomic E-state index is 0.115. The van der Waals surface area contributed by atoms with Crippen LogP contribution in [0.2, 0.25) is 5.02 Å². The summed E-state index contributed by atoms with van der Waals surface area (Å²) in [7, 11) is 0. The molecular weight excluding hydrogens is 312 g/mol. The highest BCUT2D eigenvalue weighted by atomic mass is 35.5. The van der Waals surface area contributed by atoms with Crippen molar-refractivity contribution in [3.05, 3.63) is 70.7 Å². The van der Waals surface area contributed by atoms with Gasteiger partial charge in [0.05, 0.1) is 6.04 Å². The standard InChI is InChI=1S/C18H19ClN2O2/c19-16-8-6-15(7-9-16)17(14-4-2-1-3-5-14)20-10-12-21(13-11-20)18(22)23/h1-9,17H,10-13H2,(H,22,23). The van der Waals surface area contributed by atoms with Gasteiger partial charge in [0.25, 0.3) is 0 Å². The molecule has 23 heavy (non-hydrogen) atoms. The van der Waals surface area contributed by atoms with E-state index in [9.17, 15) is 4.79 Å². The molecule has 1 N–H and O–H groups in total. The molecule has 120 valence electrons. The van der Waals surface area contributed by atoms with Crippen LogP contribution in [0.25, 0.3) is 0 Å². The molecule has 1 heterocycles. The molecule has 3 rings (SSSR count). The van der Waals surface area contributed by atoms with E-state index in [2.05, 4.69) is 17.0 Å². The zero-order valence-electron chi connectivity index (χ0n) is 12.7. The molecule has 1 atom stereocenters. The van der Waals surface area contributed by atoms with Crippen LogP contribution in [-0.4, -0.2) is 47.2 Å². The van der Waals surface area contributed by atoms with Crippen LogP contribution < -0.4 is 0 Å². The Kier molecular flexibility index (Phi) is 4.84. The fraction of sp³-hybridized carbons (Fsp3) is 0.278. The highest BCUT2D eigenvalue weighted by molar-refractivity contribution is 6.30. The molecule has 1 unspecified atom stereocenters. The van der Waals surface area contributed by atoms with E-state index in [0.29, 0.717) is 26.2 Å². The maximum atomic E-state index is 11.1. The van der Waals surface area contributed by atoms with E-state index in [1.165, 1.54) is 16.0 Å². The van der Waals surface area contributed by atoms with E-state index in [-0.39, 0.29) is 6.04 Å². The first-order valence-electron chi connectivity index (χ1n) is 7.67. The highest BCUT2D eigenvalue weighted by Gasteiger charge is 2.27. The largest absolute Gasteiger partial charge is 0.465 e. The topological polar surface area (TPSA) is 43.8 Å². The molecule has 0 radical (unpaired) electrons. The van der Waals surface area contributed by atoms with Gasteiger partial charge in [-0.2, -0.15) is 0 Å². The Balaban J connectivity index is 1.87. The number of rotatable bonds is 3. The molecule has 0 saturated carbocycles. The molecule has 1 aliphatic rings. The van der Waals surface area contributed by atoms with Crippen molar-refractivity contribution in [3.63, 3.8) is 0 Å². The fourth-order valence-corrected chi connectivity index (χ4v) is 3.19. The van der Waals surface area contributed by atoms with Gasteiger partial charge in [0, 0.05) is 31.2 Å². The van der Waals surface area contributed by atoms with Crippen molar-refractivity contribution >= 4 is 17.7 Å². The van der Waals surface area contributed by atoms with E-state index in [1.54, 1.807) is 0 Å². The summed E-state index contributed by atoms with van der Waals surface area (Å²) in [5.74, 6) is 0. The van der Waals surface area contributed by atoms with Gasteiger partial charge in [0.2, 0.25) is 0 Å². The van der Waals surface area contributed by atoms with Crippen molar-refractivity contribution in [3.8, 4) is 0 Å². The number of benzene rings is 2. The third kappa shape index (κ3) is 3.66. The molecule has 1 amide bonds. The quantitative estimate of drug-likeness (QED) is 0.932. The summed E-state index contributed by atoms with van der Waals surface area (Å²) in [6.07, 6.45) is -0.840. The van der Waals surface area contributed by atoms with Crippen LogP contribution in [0.1, 0.15) is 17.2 Å². The first-order valence-corrected chi connectivity index (χ1v) is 8.05. The lowest BCUT2D eigenvalue weighted by Gasteiger charge is -2.38. The summed E-state index contributed by atoms with van der Waals surface area (Å²) in [4.78, 5) is 14.9. The van der Waals surface area contributed by atoms with Crippen LogP contribution in [0.15, 0.2) is 54.6 Å². The number of halogens is 1. The van der Waals surface area contributed by atoms with Gasteiger partial charge in [-0.3, -0.25) is 4.90 Å². The van der Waals surface area contributed by atoms with Gasteiger partial charge < -0.3 is 10.0 Å². The van der Waals surface area contributed by atoms with Crippen molar-refractivity contribution in [2.45, 2.75) is 6.04 Å². The summed E-state index contributed by atoms with van der Waals surface area (Å²) < 4.78 is 0. The van der Waals surface area contributed by atoms with Crippen molar-refractivity contribution in [1.82, 2.24) is 9.80 Å². The van der Waals surface area contributed by atoms with Crippen molar-refractivity contribution in [2.24, 2.45) is 0 Å². The smallest absolute Gasteiger partial charge is 0.407 e. The Morgan fingerprint density at radius 3 is 2.04 bits per heavy atom. The second-order valence-electron chi connectivity index (χ2n) is 5.67. The van der Waals surface area contributed by atoms with Gasteiger partial charge in [0.15, 0.2) is 0 Å². The summed E-state index contributed by atoms with van der Waals surface area (Å²) in [6.45, 7) is 2.50. The summed E-state index contributed by atoms with van der Waals surface area (Å²) in [5, 5.41) is 9.84. The molecule has 0 aromatic heterocycles. The maximum Gasteiger partial charge on any atom is 0.407 e. The molecule has 0 bridgehead atoms. The molecular formula is C18H19ClN2O2. The first-order chi connectivity index (χ1) is 11.1. The molecule has 2 aromatic carbocycles. The zero-order chi connectivity index (χ0) is 16.2. The maximum absolute atomic E-state index is 11.1. The monoisotopic (exact) mass is 330 g/mol. The lowest BCUT2D eigenvalue weighted by molar-refractivity contribution is 0.0932. The number of carbonyl (C=O) groups is 1. The first kappa shape index (κ1) is 15.8. The Morgan fingerprint density at radius 1 is 0.913 bits per heavy atom. The van der Waals surface area contributed by atoms with E-state index in [0.717, 1.165) is 5.02 Å². The van der Waals surface area contributed by atoms with Crippen LogP contribution >= 0.6 is 11.6 Å². The van der Waals surface area contributed by atoms with Gasteiger partial charge in [-0.1, -0.05) is 54.1 Å². The van der Waals surface area contributed by atoms with E-state index >= 15 is 0 Å². The molecule has 1 aliphatic heterocycles. The number of amides is 1. The summed E-state index contributed by atoms with van der Waals surface area (Å²) >= 11 is 6.02. The molecule has 0 spiro atoms. The van der Waals surface area contributed by atoms with Crippen LogP contribution in [0, 0.1) is 0 Å². The van der Waals surface area contributed by atoms with Crippen molar-refractivity contribution < 1.29 is 9.90 Å². The molecule has 1 saturated heterocycles. The van der Waals surface area contributed by atoms with Gasteiger partial charge in [-0.05, 0) is 23.3 Å². The fourth-order valence-electron chi connectivity index (χ4n) is 3.07. The lowest BCUT2D eigenvalue weighted by Crippen LogP contribution is -2.49. The number of hydrogen-bond donors (Lipinski definition) is 1. The lowest BCUT2D eigenvalue weighted by atomic mass is 9.96. The molecule has 0 aliphatic carbocycles. The van der Waals surface area contributed by atoms with Crippen molar-refractivity contribution in [1.29, 1.82) is 0 Å². The molecule has 5 heteroatoms. The van der Waals surface area contributed by atoms with Gasteiger partial charge in [-0.15, -0.1) is 0 Å². The normalized spacial score (nSPS) is 17.0. The van der Waals surface area contributed by atoms with Gasteiger partial charge >= 0.3 is 6.09 Å². The number of hydrogen-bond acceptors (Lipinski definition) is 2. The van der Waals surface area contributed by atoms with Gasteiger partial charge in [-0.25, -0.2) is 4.79 Å². The predicted octanol–water partition coefficient (Wildman–Crippen LogP) is 3.73. The summed E-state index contributed by atoms with van der Waals surface area (Å²) in [5.41, 5.74) is 2.38. The number of piperazine rings is 1. The number of nitrogens with zero attached hydrogens (tertiary/aromatic N) is 2. The van der Waals surface area contributed by atoms with Crippen LogP contribution in [0.3, 0.4) is 0 Å². The summed E-state index contributed by atoms with van der Waals surface area (Å²) in [6, 6.07) is 18.3. The average molecular weight is 331 g/mol. The van der Waals surface area contributed by atoms with Crippen LogP contribution in [0.4, 0.5) is 4.79 Å². The second-order valence-corrected chi connectivity index (χ2v) is 6.11. The minimum atomic E-state index is -0.840. The minimum Gasteiger partial charge on any atom is -0.465 e. The van der Waals surface area contributed by atoms with Crippen LogP contribution in [0.5, 0.6) is 0 Å². The Hall–Kier alpha value is -2.04. The molecule has 4 nitrogen and oxygen atoms in total.